The number of pyridine rings is 1. The molecule has 0 radical (unpaired) electrons. The number of carbonyl (C=O) groups excluding carboxylic acids is 1. The van der Waals surface area contributed by atoms with Crippen LogP contribution in [0.15, 0.2) is 36.7 Å². The average molecular weight is 364 g/mol. The summed E-state index contributed by atoms with van der Waals surface area (Å²) in [5, 5.41) is 0. The standard InChI is InChI=1S/C22H28N4O/c1-2-13-26-18-9-5-12-23-20(18)25-14-6-10-19(25)22(26)11-15-24(16-22)21(27)17-7-3-4-8-17/h5-6,9-10,12,14,17H,2-4,7-8,11,13,15-16H2,1H3/t22-/m1/s1. The van der Waals surface area contributed by atoms with Crippen LogP contribution in [0, 0.1) is 5.92 Å². The van der Waals surface area contributed by atoms with Gasteiger partial charge in [0.2, 0.25) is 5.91 Å². The highest BCUT2D eigenvalue weighted by Gasteiger charge is 2.51. The predicted molar refractivity (Wildman–Crippen MR) is 106 cm³/mol. The lowest BCUT2D eigenvalue weighted by atomic mass is 9.88. The van der Waals surface area contributed by atoms with Gasteiger partial charge in [0.1, 0.15) is 5.54 Å². The lowest BCUT2D eigenvalue weighted by molar-refractivity contribution is -0.134. The molecule has 5 heteroatoms. The molecule has 5 nitrogen and oxygen atoms in total. The van der Waals surface area contributed by atoms with Gasteiger partial charge in [-0.05, 0) is 49.9 Å². The molecule has 0 bridgehead atoms. The summed E-state index contributed by atoms with van der Waals surface area (Å²) in [6.45, 7) is 4.86. The molecule has 5 rings (SSSR count). The zero-order valence-corrected chi connectivity index (χ0v) is 16.1. The Morgan fingerprint density at radius 1 is 1.26 bits per heavy atom. The normalized spacial score (nSPS) is 24.5. The first-order valence-corrected chi connectivity index (χ1v) is 10.4. The Morgan fingerprint density at radius 3 is 2.93 bits per heavy atom. The molecule has 1 saturated carbocycles. The number of hydrogen-bond acceptors (Lipinski definition) is 3. The Balaban J connectivity index is 1.55. The number of likely N-dealkylation sites (tertiary alicyclic amines) is 1. The molecule has 142 valence electrons. The van der Waals surface area contributed by atoms with Gasteiger partial charge in [0, 0.05) is 37.9 Å². The molecule has 0 aromatic carbocycles. The summed E-state index contributed by atoms with van der Waals surface area (Å²) < 4.78 is 2.24. The highest BCUT2D eigenvalue weighted by molar-refractivity contribution is 5.80. The molecular formula is C22H28N4O. The van der Waals surface area contributed by atoms with Crippen molar-refractivity contribution in [2.45, 2.75) is 51.0 Å². The third-order valence-corrected chi connectivity index (χ3v) is 6.74. The first-order chi connectivity index (χ1) is 13.2. The Bertz CT molecular complexity index is 854. The van der Waals surface area contributed by atoms with Crippen LogP contribution in [-0.4, -0.2) is 40.0 Å². The number of anilines is 1. The zero-order valence-electron chi connectivity index (χ0n) is 16.1. The second-order valence-electron chi connectivity index (χ2n) is 8.28. The molecule has 1 amide bonds. The molecule has 27 heavy (non-hydrogen) atoms. The number of nitrogens with zero attached hydrogens (tertiary/aromatic N) is 4. The van der Waals surface area contributed by atoms with Gasteiger partial charge in [-0.15, -0.1) is 0 Å². The third-order valence-electron chi connectivity index (χ3n) is 6.74. The lowest BCUT2D eigenvalue weighted by Gasteiger charge is -2.47. The van der Waals surface area contributed by atoms with E-state index in [0.717, 1.165) is 51.1 Å². The van der Waals surface area contributed by atoms with Gasteiger partial charge in [-0.2, -0.15) is 0 Å². The second-order valence-corrected chi connectivity index (χ2v) is 8.28. The smallest absolute Gasteiger partial charge is 0.225 e. The largest absolute Gasteiger partial charge is 0.355 e. The van der Waals surface area contributed by atoms with Crippen molar-refractivity contribution in [3.05, 3.63) is 42.4 Å². The van der Waals surface area contributed by atoms with Gasteiger partial charge in [0.15, 0.2) is 5.82 Å². The van der Waals surface area contributed by atoms with Crippen molar-refractivity contribution < 1.29 is 4.79 Å². The van der Waals surface area contributed by atoms with Gasteiger partial charge < -0.3 is 14.4 Å². The summed E-state index contributed by atoms with van der Waals surface area (Å²) >= 11 is 0. The fraction of sp³-hybridized carbons (Fsp3) is 0.545. The van der Waals surface area contributed by atoms with Crippen LogP contribution in [0.25, 0.3) is 5.82 Å². The second kappa shape index (κ2) is 6.39. The van der Waals surface area contributed by atoms with E-state index in [1.807, 2.05) is 12.3 Å². The minimum absolute atomic E-state index is 0.135. The molecular weight excluding hydrogens is 336 g/mol. The van der Waals surface area contributed by atoms with Gasteiger partial charge in [-0.1, -0.05) is 19.8 Å². The van der Waals surface area contributed by atoms with Crippen molar-refractivity contribution in [3.63, 3.8) is 0 Å². The quantitative estimate of drug-likeness (QED) is 0.833. The van der Waals surface area contributed by atoms with E-state index in [4.69, 9.17) is 0 Å². The molecule has 2 aromatic rings. The van der Waals surface area contributed by atoms with Crippen LogP contribution < -0.4 is 4.90 Å². The van der Waals surface area contributed by atoms with Crippen molar-refractivity contribution in [1.82, 2.24) is 14.5 Å². The number of fused-ring (bicyclic) bond motifs is 4. The summed E-state index contributed by atoms with van der Waals surface area (Å²) in [6, 6.07) is 8.56. The highest BCUT2D eigenvalue weighted by atomic mass is 16.2. The highest BCUT2D eigenvalue weighted by Crippen LogP contribution is 2.47. The molecule has 2 aliphatic heterocycles. The molecule has 2 aromatic heterocycles. The van der Waals surface area contributed by atoms with Crippen LogP contribution in [0.2, 0.25) is 0 Å². The number of rotatable bonds is 3. The van der Waals surface area contributed by atoms with E-state index in [9.17, 15) is 4.79 Å². The first kappa shape index (κ1) is 16.8. The Hall–Kier alpha value is -2.30. The van der Waals surface area contributed by atoms with E-state index in [1.165, 1.54) is 24.2 Å². The maximum Gasteiger partial charge on any atom is 0.225 e. The van der Waals surface area contributed by atoms with E-state index >= 15 is 0 Å². The molecule has 3 aliphatic rings. The predicted octanol–water partition coefficient (Wildman–Crippen LogP) is 3.72. The minimum atomic E-state index is -0.135. The summed E-state index contributed by atoms with van der Waals surface area (Å²) in [4.78, 5) is 22.5. The van der Waals surface area contributed by atoms with E-state index in [2.05, 4.69) is 50.7 Å². The fourth-order valence-electron chi connectivity index (χ4n) is 5.50. The zero-order chi connectivity index (χ0) is 18.4. The monoisotopic (exact) mass is 364 g/mol. The fourth-order valence-corrected chi connectivity index (χ4v) is 5.50. The molecule has 0 unspecified atom stereocenters. The van der Waals surface area contributed by atoms with Gasteiger partial charge in [-0.3, -0.25) is 4.79 Å². The SMILES string of the molecule is CCCN1c2cccnc2-n2cccc2[C@]12CCN(C(=O)C1CCCC1)C2. The first-order valence-electron chi connectivity index (χ1n) is 10.4. The van der Waals surface area contributed by atoms with Crippen molar-refractivity contribution >= 4 is 11.6 Å². The topological polar surface area (TPSA) is 41.4 Å². The van der Waals surface area contributed by atoms with Crippen LogP contribution in [0.1, 0.15) is 51.1 Å². The van der Waals surface area contributed by atoms with Crippen molar-refractivity contribution in [2.24, 2.45) is 5.92 Å². The van der Waals surface area contributed by atoms with Crippen molar-refractivity contribution in [1.29, 1.82) is 0 Å². The summed E-state index contributed by atoms with van der Waals surface area (Å²) in [6.07, 6.45) is 10.6. The van der Waals surface area contributed by atoms with Crippen LogP contribution in [0.3, 0.4) is 0 Å². The van der Waals surface area contributed by atoms with Gasteiger partial charge in [-0.25, -0.2) is 4.98 Å². The maximum atomic E-state index is 13.1. The Labute approximate surface area is 161 Å². The van der Waals surface area contributed by atoms with Gasteiger partial charge in [0.05, 0.1) is 11.4 Å². The van der Waals surface area contributed by atoms with E-state index < -0.39 is 0 Å². The van der Waals surface area contributed by atoms with Crippen molar-refractivity contribution in [3.8, 4) is 5.82 Å². The van der Waals surface area contributed by atoms with Crippen LogP contribution in [-0.2, 0) is 10.3 Å². The molecule has 1 saturated heterocycles. The number of aromatic nitrogens is 2. The van der Waals surface area contributed by atoms with E-state index in [1.54, 1.807) is 0 Å². The van der Waals surface area contributed by atoms with E-state index in [-0.39, 0.29) is 11.5 Å². The minimum Gasteiger partial charge on any atom is -0.355 e. The van der Waals surface area contributed by atoms with Crippen LogP contribution in [0.4, 0.5) is 5.69 Å². The van der Waals surface area contributed by atoms with Crippen LogP contribution >= 0.6 is 0 Å². The van der Waals surface area contributed by atoms with Crippen molar-refractivity contribution in [2.75, 3.05) is 24.5 Å². The van der Waals surface area contributed by atoms with Gasteiger partial charge >= 0.3 is 0 Å². The van der Waals surface area contributed by atoms with Crippen LogP contribution in [0.5, 0.6) is 0 Å². The molecule has 1 spiro atoms. The Kier molecular flexibility index (Phi) is 3.99. The number of carbonyl (C=O) groups is 1. The summed E-state index contributed by atoms with van der Waals surface area (Å²) in [7, 11) is 0. The summed E-state index contributed by atoms with van der Waals surface area (Å²) in [5.41, 5.74) is 2.34. The molecule has 1 atom stereocenters. The molecule has 0 N–H and O–H groups in total. The number of amides is 1. The molecule has 4 heterocycles. The maximum absolute atomic E-state index is 13.1. The van der Waals surface area contributed by atoms with E-state index in [0.29, 0.717) is 5.91 Å². The third kappa shape index (κ3) is 2.43. The average Bonchev–Trinajstić information content (AvgIpc) is 3.46. The molecule has 2 fully saturated rings. The summed E-state index contributed by atoms with van der Waals surface area (Å²) in [5.74, 6) is 1.65. The van der Waals surface area contributed by atoms with Gasteiger partial charge in [0.25, 0.3) is 0 Å². The Morgan fingerprint density at radius 2 is 2.11 bits per heavy atom. The molecule has 1 aliphatic carbocycles. The number of hydrogen-bond donors (Lipinski definition) is 0. The lowest BCUT2D eigenvalue weighted by Crippen LogP contribution is -2.53.